The van der Waals surface area contributed by atoms with Crippen LogP contribution >= 0.6 is 11.6 Å². The van der Waals surface area contributed by atoms with Gasteiger partial charge in [-0.25, -0.2) is 0 Å². The van der Waals surface area contributed by atoms with Crippen molar-refractivity contribution in [3.05, 3.63) is 28.8 Å². The largest absolute Gasteiger partial charge is 0.378 e. The van der Waals surface area contributed by atoms with E-state index >= 15 is 0 Å². The normalized spacial score (nSPS) is 23.8. The molecule has 0 fully saturated rings. The summed E-state index contributed by atoms with van der Waals surface area (Å²) < 4.78 is 0. The molecule has 0 saturated carbocycles. The van der Waals surface area contributed by atoms with Gasteiger partial charge in [0, 0.05) is 11.5 Å². The monoisotopic (exact) mass is 195 g/mol. The fourth-order valence-electron chi connectivity index (χ4n) is 1.85. The van der Waals surface area contributed by atoms with Gasteiger partial charge in [0.15, 0.2) is 0 Å². The molecule has 1 aromatic rings. The Morgan fingerprint density at radius 2 is 2.08 bits per heavy atom. The Balaban J connectivity index is 2.56. The zero-order valence-electron chi connectivity index (χ0n) is 8.19. The molecule has 13 heavy (non-hydrogen) atoms. The highest BCUT2D eigenvalue weighted by Crippen LogP contribution is 2.44. The van der Waals surface area contributed by atoms with Crippen molar-refractivity contribution in [2.45, 2.75) is 32.2 Å². The van der Waals surface area contributed by atoms with Gasteiger partial charge in [-0.15, -0.1) is 0 Å². The van der Waals surface area contributed by atoms with Gasteiger partial charge in [0.05, 0.1) is 10.7 Å². The maximum absolute atomic E-state index is 6.10. The Morgan fingerprint density at radius 1 is 1.38 bits per heavy atom. The van der Waals surface area contributed by atoms with E-state index < -0.39 is 0 Å². The maximum Gasteiger partial charge on any atom is 0.0640 e. The molecule has 0 amide bonds. The lowest BCUT2D eigenvalue weighted by Gasteiger charge is -2.24. The maximum atomic E-state index is 6.10. The number of halogens is 1. The Labute approximate surface area is 84.1 Å². The number of anilines is 1. The van der Waals surface area contributed by atoms with Gasteiger partial charge in [-0.05, 0) is 25.5 Å². The fourth-order valence-corrected chi connectivity index (χ4v) is 2.08. The van der Waals surface area contributed by atoms with Crippen LogP contribution in [0, 0.1) is 0 Å². The first-order valence-corrected chi connectivity index (χ1v) is 4.97. The Bertz CT molecular complexity index is 344. The van der Waals surface area contributed by atoms with E-state index in [4.69, 9.17) is 11.6 Å². The lowest BCUT2D eigenvalue weighted by atomic mass is 9.88. The lowest BCUT2D eigenvalue weighted by molar-refractivity contribution is 0.503. The van der Waals surface area contributed by atoms with Crippen molar-refractivity contribution < 1.29 is 0 Å². The molecule has 1 nitrogen and oxygen atoms in total. The predicted octanol–water partition coefficient (Wildman–Crippen LogP) is 3.65. The molecule has 2 rings (SSSR count). The van der Waals surface area contributed by atoms with Crippen molar-refractivity contribution in [3.8, 4) is 0 Å². The summed E-state index contributed by atoms with van der Waals surface area (Å²) in [6, 6.07) is 6.09. The van der Waals surface area contributed by atoms with Gasteiger partial charge in [-0.3, -0.25) is 0 Å². The van der Waals surface area contributed by atoms with Gasteiger partial charge in [0.2, 0.25) is 0 Å². The van der Waals surface area contributed by atoms with E-state index in [0.29, 0.717) is 5.92 Å². The lowest BCUT2D eigenvalue weighted by Crippen LogP contribution is -2.30. The van der Waals surface area contributed by atoms with E-state index in [0.717, 1.165) is 10.7 Å². The molecule has 0 saturated heterocycles. The van der Waals surface area contributed by atoms with Crippen LogP contribution in [0.3, 0.4) is 0 Å². The first-order chi connectivity index (χ1) is 6.02. The Morgan fingerprint density at radius 3 is 2.69 bits per heavy atom. The minimum atomic E-state index is 0.118. The second-order valence-corrected chi connectivity index (χ2v) is 4.68. The van der Waals surface area contributed by atoms with Gasteiger partial charge < -0.3 is 5.32 Å². The Hall–Kier alpha value is -0.690. The van der Waals surface area contributed by atoms with E-state index in [-0.39, 0.29) is 5.54 Å². The molecule has 1 atom stereocenters. The summed E-state index contributed by atoms with van der Waals surface area (Å²) in [7, 11) is 0. The molecule has 1 aromatic carbocycles. The molecule has 1 aliphatic heterocycles. The van der Waals surface area contributed by atoms with Crippen LogP contribution < -0.4 is 5.32 Å². The molecule has 1 N–H and O–H groups in total. The van der Waals surface area contributed by atoms with Gasteiger partial charge in [0.25, 0.3) is 0 Å². The highest BCUT2D eigenvalue weighted by atomic mass is 35.5. The molecule has 0 radical (unpaired) electrons. The molecule has 0 bridgehead atoms. The Kier molecular flexibility index (Phi) is 1.81. The fraction of sp³-hybridized carbons (Fsp3) is 0.455. The number of hydrogen-bond donors (Lipinski definition) is 1. The third-order valence-corrected chi connectivity index (χ3v) is 3.36. The van der Waals surface area contributed by atoms with Crippen molar-refractivity contribution in [1.29, 1.82) is 0 Å². The van der Waals surface area contributed by atoms with E-state index in [2.05, 4.69) is 32.2 Å². The van der Waals surface area contributed by atoms with Crippen molar-refractivity contribution in [3.63, 3.8) is 0 Å². The number of rotatable bonds is 0. The zero-order chi connectivity index (χ0) is 9.64. The minimum absolute atomic E-state index is 0.118. The summed E-state index contributed by atoms with van der Waals surface area (Å²) in [5.74, 6) is 0.515. The molecule has 2 heteroatoms. The number of fused-ring (bicyclic) bond motifs is 1. The van der Waals surface area contributed by atoms with Gasteiger partial charge in [0.1, 0.15) is 0 Å². The third kappa shape index (κ3) is 1.22. The first kappa shape index (κ1) is 8.89. The topological polar surface area (TPSA) is 12.0 Å². The van der Waals surface area contributed by atoms with Crippen LogP contribution in [0.25, 0.3) is 0 Å². The molecule has 1 aliphatic rings. The van der Waals surface area contributed by atoms with Crippen LogP contribution in [0.15, 0.2) is 18.2 Å². The summed E-state index contributed by atoms with van der Waals surface area (Å²) >= 11 is 6.10. The van der Waals surface area contributed by atoms with Crippen molar-refractivity contribution in [2.75, 3.05) is 5.32 Å². The summed E-state index contributed by atoms with van der Waals surface area (Å²) in [6.07, 6.45) is 0. The predicted molar refractivity (Wildman–Crippen MR) is 57.6 cm³/mol. The van der Waals surface area contributed by atoms with Crippen LogP contribution in [0.2, 0.25) is 5.02 Å². The molecule has 0 spiro atoms. The number of para-hydroxylation sites is 1. The quantitative estimate of drug-likeness (QED) is 0.667. The SMILES string of the molecule is CC1c2cccc(Cl)c2NC1(C)C. The molecule has 0 aliphatic carbocycles. The zero-order valence-corrected chi connectivity index (χ0v) is 8.94. The molecular formula is C11H14ClN. The van der Waals surface area contributed by atoms with Crippen LogP contribution in [-0.2, 0) is 0 Å². The summed E-state index contributed by atoms with van der Waals surface area (Å²) in [5, 5.41) is 4.29. The van der Waals surface area contributed by atoms with E-state index in [1.54, 1.807) is 0 Å². The molecule has 1 heterocycles. The highest BCUT2D eigenvalue weighted by molar-refractivity contribution is 6.33. The van der Waals surface area contributed by atoms with Crippen molar-refractivity contribution >= 4 is 17.3 Å². The smallest absolute Gasteiger partial charge is 0.0640 e. The van der Waals surface area contributed by atoms with Gasteiger partial charge >= 0.3 is 0 Å². The van der Waals surface area contributed by atoms with Crippen LogP contribution in [0.1, 0.15) is 32.3 Å². The second kappa shape index (κ2) is 2.65. The highest BCUT2D eigenvalue weighted by Gasteiger charge is 2.35. The second-order valence-electron chi connectivity index (χ2n) is 4.27. The summed E-state index contributed by atoms with van der Waals surface area (Å²) in [6.45, 7) is 6.64. The molecule has 1 unspecified atom stereocenters. The average Bonchev–Trinajstić information content (AvgIpc) is 2.28. The first-order valence-electron chi connectivity index (χ1n) is 4.59. The van der Waals surface area contributed by atoms with Crippen molar-refractivity contribution in [1.82, 2.24) is 0 Å². The average molecular weight is 196 g/mol. The van der Waals surface area contributed by atoms with E-state index in [1.807, 2.05) is 12.1 Å². The van der Waals surface area contributed by atoms with E-state index in [9.17, 15) is 0 Å². The standard InChI is InChI=1S/C11H14ClN/c1-7-8-5-4-6-9(12)10(8)13-11(7,2)3/h4-7,13H,1-3H3. The number of nitrogens with one attached hydrogen (secondary N) is 1. The molecule has 70 valence electrons. The molecule has 0 aromatic heterocycles. The van der Waals surface area contributed by atoms with Crippen molar-refractivity contribution in [2.24, 2.45) is 0 Å². The van der Waals surface area contributed by atoms with Crippen LogP contribution in [0.5, 0.6) is 0 Å². The number of hydrogen-bond acceptors (Lipinski definition) is 1. The number of benzene rings is 1. The van der Waals surface area contributed by atoms with E-state index in [1.165, 1.54) is 5.56 Å². The van der Waals surface area contributed by atoms with Gasteiger partial charge in [-0.2, -0.15) is 0 Å². The summed E-state index contributed by atoms with van der Waals surface area (Å²) in [4.78, 5) is 0. The summed E-state index contributed by atoms with van der Waals surface area (Å²) in [5.41, 5.74) is 2.56. The van der Waals surface area contributed by atoms with Crippen LogP contribution in [0.4, 0.5) is 5.69 Å². The van der Waals surface area contributed by atoms with Gasteiger partial charge in [-0.1, -0.05) is 30.7 Å². The molecular weight excluding hydrogens is 182 g/mol. The van der Waals surface area contributed by atoms with Crippen LogP contribution in [-0.4, -0.2) is 5.54 Å². The minimum Gasteiger partial charge on any atom is -0.378 e. The third-order valence-electron chi connectivity index (χ3n) is 3.04.